The number of rotatable bonds is 10. The molecule has 0 radical (unpaired) electrons. The van der Waals surface area contributed by atoms with Gasteiger partial charge in [0, 0.05) is 18.2 Å². The molecule has 5 aromatic rings. The van der Waals surface area contributed by atoms with Crippen molar-refractivity contribution in [2.45, 2.75) is 31.6 Å². The molecule has 1 N–H and O–H groups in total. The van der Waals surface area contributed by atoms with Gasteiger partial charge in [-0.15, -0.1) is 6.58 Å². The molecule has 0 saturated carbocycles. The average molecular weight is 559 g/mol. The van der Waals surface area contributed by atoms with Crippen LogP contribution < -0.4 is 5.32 Å². The van der Waals surface area contributed by atoms with Crippen LogP contribution in [-0.4, -0.2) is 11.5 Å². The molecule has 1 aliphatic rings. The van der Waals surface area contributed by atoms with Gasteiger partial charge < -0.3 is 5.32 Å². The molecule has 1 aliphatic heterocycles. The smallest absolute Gasteiger partial charge is 0.0702 e. The standard InChI is InChI=1S/C41H38N2/c1-2-3-16-31(39-25-15-26-40(43-39)32-27-29-42-30-28-32)17-7-4-5-10-20-34-35-21-11-13-23-37(35)41(33-18-8-6-9-19-33)38-24-14-12-22-36(34)38/h2,5-19,21-27,29,32,42H,1,3-4,20,28,30H2/b10-5-,17-7-,31-16+. The fourth-order valence-electron chi connectivity index (χ4n) is 6.06. The summed E-state index contributed by atoms with van der Waals surface area (Å²) in [5, 5.41) is 8.55. The van der Waals surface area contributed by atoms with Crippen LogP contribution in [0.25, 0.3) is 38.2 Å². The highest BCUT2D eigenvalue weighted by Crippen LogP contribution is 2.39. The van der Waals surface area contributed by atoms with Crippen LogP contribution in [0.5, 0.6) is 0 Å². The number of hydrogen-bond donors (Lipinski definition) is 1. The molecule has 0 bridgehead atoms. The van der Waals surface area contributed by atoms with E-state index in [0.29, 0.717) is 5.92 Å². The van der Waals surface area contributed by atoms with Crippen LogP contribution >= 0.6 is 0 Å². The van der Waals surface area contributed by atoms with E-state index in [9.17, 15) is 0 Å². The Bertz CT molecular complexity index is 1780. The van der Waals surface area contributed by atoms with E-state index in [1.54, 1.807) is 0 Å². The summed E-state index contributed by atoms with van der Waals surface area (Å²) in [6, 6.07) is 34.8. The van der Waals surface area contributed by atoms with Crippen LogP contribution in [0.3, 0.4) is 0 Å². The summed E-state index contributed by atoms with van der Waals surface area (Å²) >= 11 is 0. The van der Waals surface area contributed by atoms with Crippen LogP contribution in [-0.2, 0) is 6.42 Å². The fraction of sp³-hybridized carbons (Fsp3) is 0.146. The van der Waals surface area contributed by atoms with Crippen molar-refractivity contribution in [2.24, 2.45) is 0 Å². The molecule has 2 heterocycles. The molecule has 2 nitrogen and oxygen atoms in total. The van der Waals surface area contributed by atoms with Gasteiger partial charge in [0.05, 0.1) is 5.69 Å². The highest BCUT2D eigenvalue weighted by atomic mass is 14.8. The molecular weight excluding hydrogens is 520 g/mol. The van der Waals surface area contributed by atoms with Gasteiger partial charge in [-0.3, -0.25) is 4.98 Å². The van der Waals surface area contributed by atoms with E-state index in [4.69, 9.17) is 4.98 Å². The van der Waals surface area contributed by atoms with Crippen molar-refractivity contribution in [3.05, 3.63) is 169 Å². The largest absolute Gasteiger partial charge is 0.391 e. The van der Waals surface area contributed by atoms with Crippen LogP contribution in [0.2, 0.25) is 0 Å². The number of aromatic nitrogens is 1. The first kappa shape index (κ1) is 28.2. The van der Waals surface area contributed by atoms with E-state index in [2.05, 4.69) is 145 Å². The zero-order valence-electron chi connectivity index (χ0n) is 24.6. The van der Waals surface area contributed by atoms with Crippen LogP contribution in [0.15, 0.2) is 152 Å². The van der Waals surface area contributed by atoms with Gasteiger partial charge in [0.25, 0.3) is 0 Å². The van der Waals surface area contributed by atoms with E-state index in [0.717, 1.165) is 49.2 Å². The zero-order chi connectivity index (χ0) is 29.3. The lowest BCUT2D eigenvalue weighted by Gasteiger charge is -2.17. The highest BCUT2D eigenvalue weighted by molar-refractivity contribution is 6.15. The fourth-order valence-corrected chi connectivity index (χ4v) is 6.06. The van der Waals surface area contributed by atoms with Crippen molar-refractivity contribution >= 4 is 27.1 Å². The Kier molecular flexibility index (Phi) is 9.05. The number of fused-ring (bicyclic) bond motifs is 2. The number of nitrogens with one attached hydrogen (secondary N) is 1. The van der Waals surface area contributed by atoms with E-state index < -0.39 is 0 Å². The van der Waals surface area contributed by atoms with E-state index in [1.807, 2.05) is 12.3 Å². The SMILES string of the molecule is C=CC/C=C(\C=C/C/C=C\Cc1c2ccccc2c(-c2ccccc2)c2ccccc12)c1cccc(C2C=CNCC2)n1. The summed E-state index contributed by atoms with van der Waals surface area (Å²) in [4.78, 5) is 5.04. The van der Waals surface area contributed by atoms with Gasteiger partial charge in [-0.1, -0.05) is 127 Å². The molecule has 1 unspecified atom stereocenters. The minimum Gasteiger partial charge on any atom is -0.391 e. The Morgan fingerprint density at radius 1 is 0.767 bits per heavy atom. The first-order valence-corrected chi connectivity index (χ1v) is 15.3. The van der Waals surface area contributed by atoms with E-state index >= 15 is 0 Å². The second-order valence-corrected chi connectivity index (χ2v) is 11.0. The van der Waals surface area contributed by atoms with Crippen molar-refractivity contribution in [1.29, 1.82) is 0 Å². The van der Waals surface area contributed by atoms with Gasteiger partial charge in [-0.2, -0.15) is 0 Å². The first-order chi connectivity index (χ1) is 21.3. The number of nitrogens with zero attached hydrogens (tertiary/aromatic N) is 1. The van der Waals surface area contributed by atoms with E-state index in [-0.39, 0.29) is 0 Å². The predicted octanol–water partition coefficient (Wildman–Crippen LogP) is 10.4. The zero-order valence-corrected chi connectivity index (χ0v) is 24.6. The lowest BCUT2D eigenvalue weighted by Crippen LogP contribution is -2.16. The lowest BCUT2D eigenvalue weighted by atomic mass is 9.87. The normalized spacial score (nSPS) is 15.4. The van der Waals surface area contributed by atoms with Crippen molar-refractivity contribution in [3.8, 4) is 11.1 Å². The molecular formula is C41H38N2. The molecule has 6 rings (SSSR count). The van der Waals surface area contributed by atoms with Gasteiger partial charge in [-0.25, -0.2) is 0 Å². The summed E-state index contributed by atoms with van der Waals surface area (Å²) in [5.74, 6) is 0.364. The summed E-state index contributed by atoms with van der Waals surface area (Å²) in [7, 11) is 0. The quantitative estimate of drug-likeness (QED) is 0.105. The molecule has 0 fully saturated rings. The van der Waals surface area contributed by atoms with Crippen LogP contribution in [0, 0.1) is 0 Å². The number of pyridine rings is 1. The molecule has 0 amide bonds. The monoisotopic (exact) mass is 558 g/mol. The topological polar surface area (TPSA) is 24.9 Å². The molecule has 0 saturated heterocycles. The molecule has 1 aromatic heterocycles. The Labute approximate surface area is 255 Å². The molecule has 0 spiro atoms. The highest BCUT2D eigenvalue weighted by Gasteiger charge is 2.15. The van der Waals surface area contributed by atoms with Crippen molar-refractivity contribution in [2.75, 3.05) is 6.54 Å². The Morgan fingerprint density at radius 3 is 2.19 bits per heavy atom. The lowest BCUT2D eigenvalue weighted by molar-refractivity contribution is 0.644. The van der Waals surface area contributed by atoms with Gasteiger partial charge in [0.1, 0.15) is 0 Å². The molecule has 212 valence electrons. The Morgan fingerprint density at radius 2 is 1.49 bits per heavy atom. The van der Waals surface area contributed by atoms with Crippen LogP contribution in [0.4, 0.5) is 0 Å². The summed E-state index contributed by atoms with van der Waals surface area (Å²) in [5.41, 5.74) is 7.24. The maximum absolute atomic E-state index is 5.04. The third kappa shape index (κ3) is 6.44. The van der Waals surface area contributed by atoms with Crippen LogP contribution in [0.1, 0.15) is 42.1 Å². The second-order valence-electron chi connectivity index (χ2n) is 11.0. The Balaban J connectivity index is 1.23. The summed E-state index contributed by atoms with van der Waals surface area (Å²) in [6.45, 7) is 4.90. The van der Waals surface area contributed by atoms with Gasteiger partial charge in [0.15, 0.2) is 0 Å². The van der Waals surface area contributed by atoms with Crippen molar-refractivity contribution < 1.29 is 0 Å². The first-order valence-electron chi connectivity index (χ1n) is 15.3. The maximum Gasteiger partial charge on any atom is 0.0702 e. The minimum atomic E-state index is 0.364. The van der Waals surface area contributed by atoms with Gasteiger partial charge in [0.2, 0.25) is 0 Å². The maximum atomic E-state index is 5.04. The summed E-state index contributed by atoms with van der Waals surface area (Å²) < 4.78 is 0. The number of hydrogen-bond acceptors (Lipinski definition) is 2. The van der Waals surface area contributed by atoms with Gasteiger partial charge in [-0.05, 0) is 87.8 Å². The Hall–Kier alpha value is -4.95. The summed E-state index contributed by atoms with van der Waals surface area (Å²) in [6.07, 6.45) is 21.1. The molecule has 2 heteroatoms. The van der Waals surface area contributed by atoms with E-state index in [1.165, 1.54) is 38.2 Å². The predicted molar refractivity (Wildman–Crippen MR) is 185 cm³/mol. The number of benzene rings is 4. The van der Waals surface area contributed by atoms with Crippen molar-refractivity contribution in [3.63, 3.8) is 0 Å². The third-order valence-corrected chi connectivity index (χ3v) is 8.16. The van der Waals surface area contributed by atoms with Gasteiger partial charge >= 0.3 is 0 Å². The minimum absolute atomic E-state index is 0.364. The third-order valence-electron chi connectivity index (χ3n) is 8.16. The molecule has 43 heavy (non-hydrogen) atoms. The molecule has 4 aromatic carbocycles. The molecule has 1 atom stereocenters. The second kappa shape index (κ2) is 13.8. The van der Waals surface area contributed by atoms with Crippen molar-refractivity contribution in [1.82, 2.24) is 10.3 Å². The number of allylic oxidation sites excluding steroid dienone is 8. The molecule has 0 aliphatic carbocycles. The average Bonchev–Trinajstić information content (AvgIpc) is 3.08.